The van der Waals surface area contributed by atoms with Gasteiger partial charge in [-0.2, -0.15) is 0 Å². The highest BCUT2D eigenvalue weighted by Gasteiger charge is 2.50. The first kappa shape index (κ1) is 14.6. The molecule has 6 nitrogen and oxygen atoms in total. The lowest BCUT2D eigenvalue weighted by Crippen LogP contribution is -2.54. The number of nitrogens with two attached hydrogens (primary N) is 2. The summed E-state index contributed by atoms with van der Waals surface area (Å²) >= 11 is 0. The zero-order valence-electron chi connectivity index (χ0n) is 11.4. The summed E-state index contributed by atoms with van der Waals surface area (Å²) in [6.07, 6.45) is -0.682. The monoisotopic (exact) mass is 258 g/mol. The summed E-state index contributed by atoms with van der Waals surface area (Å²) in [4.78, 5) is 22.0. The highest BCUT2D eigenvalue weighted by Crippen LogP contribution is 2.47. The molecule has 1 aliphatic rings. The number of hydrogen-bond acceptors (Lipinski definition) is 4. The molecule has 0 aromatic heterocycles. The number of hydrogen-bond donors (Lipinski definition) is 2. The van der Waals surface area contributed by atoms with Crippen molar-refractivity contribution in [2.45, 2.75) is 52.2 Å². The standard InChI is InChI=1S/C12H22N2O4/c1-7-8(17-9(13)15)5-11(2,3)6-12(7,4)18-10(14)16/h7-8H,5-6H2,1-4H3,(H2,13,15)(H2,14,16). The molecule has 6 heteroatoms. The lowest BCUT2D eigenvalue weighted by Gasteiger charge is -2.49. The van der Waals surface area contributed by atoms with E-state index in [0.29, 0.717) is 12.8 Å². The predicted molar refractivity (Wildman–Crippen MR) is 65.7 cm³/mol. The Kier molecular flexibility index (Phi) is 3.78. The van der Waals surface area contributed by atoms with Crippen molar-refractivity contribution in [2.75, 3.05) is 0 Å². The normalized spacial score (nSPS) is 34.7. The molecule has 3 atom stereocenters. The van der Waals surface area contributed by atoms with Gasteiger partial charge in [0.2, 0.25) is 0 Å². The van der Waals surface area contributed by atoms with Crippen molar-refractivity contribution in [3.8, 4) is 0 Å². The van der Waals surface area contributed by atoms with E-state index in [-0.39, 0.29) is 17.4 Å². The van der Waals surface area contributed by atoms with Crippen molar-refractivity contribution in [3.63, 3.8) is 0 Å². The molecule has 1 saturated carbocycles. The third-order valence-corrected chi connectivity index (χ3v) is 3.71. The first-order valence-corrected chi connectivity index (χ1v) is 6.00. The van der Waals surface area contributed by atoms with Crippen LogP contribution in [0.25, 0.3) is 0 Å². The molecule has 0 aromatic carbocycles. The van der Waals surface area contributed by atoms with Gasteiger partial charge >= 0.3 is 12.2 Å². The molecule has 4 N–H and O–H groups in total. The van der Waals surface area contributed by atoms with Gasteiger partial charge in [-0.25, -0.2) is 9.59 Å². The number of ether oxygens (including phenoxy) is 2. The fourth-order valence-electron chi connectivity index (χ4n) is 2.95. The van der Waals surface area contributed by atoms with E-state index in [1.165, 1.54) is 0 Å². The molecule has 0 aliphatic heterocycles. The van der Waals surface area contributed by atoms with Crippen molar-refractivity contribution >= 4 is 12.2 Å². The number of amides is 2. The van der Waals surface area contributed by atoms with Crippen molar-refractivity contribution in [1.82, 2.24) is 0 Å². The van der Waals surface area contributed by atoms with Crippen LogP contribution in [0.3, 0.4) is 0 Å². The molecule has 18 heavy (non-hydrogen) atoms. The van der Waals surface area contributed by atoms with Gasteiger partial charge in [-0.15, -0.1) is 0 Å². The molecule has 0 spiro atoms. The minimum absolute atomic E-state index is 0.128. The molecule has 2 amide bonds. The summed E-state index contributed by atoms with van der Waals surface area (Å²) in [5.74, 6) is -0.162. The minimum Gasteiger partial charge on any atom is -0.446 e. The Hall–Kier alpha value is -1.46. The van der Waals surface area contributed by atoms with Crippen LogP contribution in [0.2, 0.25) is 0 Å². The first-order valence-electron chi connectivity index (χ1n) is 6.00. The van der Waals surface area contributed by atoms with Crippen LogP contribution in [0.5, 0.6) is 0 Å². The lowest BCUT2D eigenvalue weighted by molar-refractivity contribution is -0.124. The van der Waals surface area contributed by atoms with Gasteiger partial charge in [0.15, 0.2) is 0 Å². The second-order valence-corrected chi connectivity index (χ2v) is 6.04. The average molecular weight is 258 g/mol. The molecule has 1 fully saturated rings. The average Bonchev–Trinajstić information content (AvgIpc) is 2.09. The smallest absolute Gasteiger partial charge is 0.405 e. The Labute approximate surface area is 107 Å². The van der Waals surface area contributed by atoms with Gasteiger partial charge in [-0.1, -0.05) is 20.8 Å². The second-order valence-electron chi connectivity index (χ2n) is 6.04. The minimum atomic E-state index is -0.820. The van der Waals surface area contributed by atoms with Crippen molar-refractivity contribution in [1.29, 1.82) is 0 Å². The molecule has 3 unspecified atom stereocenters. The summed E-state index contributed by atoms with van der Waals surface area (Å²) < 4.78 is 10.4. The summed E-state index contributed by atoms with van der Waals surface area (Å²) in [5.41, 5.74) is 9.30. The van der Waals surface area contributed by atoms with Crippen molar-refractivity contribution in [3.05, 3.63) is 0 Å². The predicted octanol–water partition coefficient (Wildman–Crippen LogP) is 1.76. The Morgan fingerprint density at radius 3 is 2.17 bits per heavy atom. The molecule has 0 bridgehead atoms. The van der Waals surface area contributed by atoms with Crippen LogP contribution < -0.4 is 11.5 Å². The van der Waals surface area contributed by atoms with Crippen molar-refractivity contribution in [2.24, 2.45) is 22.8 Å². The van der Waals surface area contributed by atoms with E-state index in [2.05, 4.69) is 0 Å². The van der Waals surface area contributed by atoms with Crippen molar-refractivity contribution < 1.29 is 19.1 Å². The van der Waals surface area contributed by atoms with E-state index in [1.54, 1.807) is 6.92 Å². The van der Waals surface area contributed by atoms with E-state index >= 15 is 0 Å². The van der Waals surface area contributed by atoms with Crippen LogP contribution >= 0.6 is 0 Å². The molecule has 0 aromatic rings. The van der Waals surface area contributed by atoms with Gasteiger partial charge in [-0.3, -0.25) is 0 Å². The van der Waals surface area contributed by atoms with Gasteiger partial charge in [0.05, 0.1) is 0 Å². The van der Waals surface area contributed by atoms with Gasteiger partial charge in [0, 0.05) is 5.92 Å². The molecular weight excluding hydrogens is 236 g/mol. The number of primary amides is 2. The SMILES string of the molecule is CC1C(OC(N)=O)CC(C)(C)CC1(C)OC(N)=O. The van der Waals surface area contributed by atoms with Crippen LogP contribution in [0.15, 0.2) is 0 Å². The van der Waals surface area contributed by atoms with Crippen LogP contribution in [0.4, 0.5) is 9.59 Å². The fraction of sp³-hybridized carbons (Fsp3) is 0.833. The van der Waals surface area contributed by atoms with Gasteiger partial charge < -0.3 is 20.9 Å². The molecule has 0 heterocycles. The van der Waals surface area contributed by atoms with Crippen LogP contribution in [-0.2, 0) is 9.47 Å². The summed E-state index contributed by atoms with van der Waals surface area (Å²) in [5, 5.41) is 0. The first-order chi connectivity index (χ1) is 8.06. The van der Waals surface area contributed by atoms with E-state index in [1.807, 2.05) is 20.8 Å². The maximum atomic E-state index is 11.0. The topological polar surface area (TPSA) is 105 Å². The lowest BCUT2D eigenvalue weighted by atomic mass is 9.64. The Morgan fingerprint density at radius 1 is 1.17 bits per heavy atom. The zero-order valence-corrected chi connectivity index (χ0v) is 11.4. The molecule has 104 valence electrons. The Morgan fingerprint density at radius 2 is 1.72 bits per heavy atom. The van der Waals surface area contributed by atoms with Crippen LogP contribution in [0.1, 0.15) is 40.5 Å². The molecule has 1 rings (SSSR count). The van der Waals surface area contributed by atoms with Crippen LogP contribution in [0, 0.1) is 11.3 Å². The van der Waals surface area contributed by atoms with E-state index in [4.69, 9.17) is 20.9 Å². The molecule has 0 radical (unpaired) electrons. The third-order valence-electron chi connectivity index (χ3n) is 3.71. The highest BCUT2D eigenvalue weighted by atomic mass is 16.6. The molecule has 1 aliphatic carbocycles. The fourth-order valence-corrected chi connectivity index (χ4v) is 2.95. The van der Waals surface area contributed by atoms with E-state index < -0.39 is 17.8 Å². The van der Waals surface area contributed by atoms with E-state index in [9.17, 15) is 9.59 Å². The second kappa shape index (κ2) is 4.66. The highest BCUT2D eigenvalue weighted by molar-refractivity contribution is 5.66. The zero-order chi connectivity index (χ0) is 14.1. The quantitative estimate of drug-likeness (QED) is 0.787. The molecule has 0 saturated heterocycles. The number of rotatable bonds is 2. The van der Waals surface area contributed by atoms with Gasteiger partial charge in [-0.05, 0) is 25.2 Å². The van der Waals surface area contributed by atoms with E-state index in [0.717, 1.165) is 0 Å². The van der Waals surface area contributed by atoms with Gasteiger partial charge in [0.1, 0.15) is 11.7 Å². The Bertz CT molecular complexity index is 356. The molecular formula is C12H22N2O4. The summed E-state index contributed by atoms with van der Waals surface area (Å²) in [6.45, 7) is 7.73. The number of carbonyl (C=O) groups is 2. The largest absolute Gasteiger partial charge is 0.446 e. The summed E-state index contributed by atoms with van der Waals surface area (Å²) in [7, 11) is 0. The number of carbonyl (C=O) groups excluding carboxylic acids is 2. The van der Waals surface area contributed by atoms with Crippen LogP contribution in [-0.4, -0.2) is 23.9 Å². The van der Waals surface area contributed by atoms with Gasteiger partial charge in [0.25, 0.3) is 0 Å². The third kappa shape index (κ3) is 3.27. The maximum Gasteiger partial charge on any atom is 0.405 e. The maximum absolute atomic E-state index is 11.0. The summed E-state index contributed by atoms with van der Waals surface area (Å²) in [6, 6.07) is 0. The Balaban J connectivity index is 2.96.